The molecule has 7 nitrogen and oxygen atoms in total. The zero-order valence-corrected chi connectivity index (χ0v) is 9.73. The maximum Gasteiger partial charge on any atom is 0.263 e. The summed E-state index contributed by atoms with van der Waals surface area (Å²) in [4.78, 5) is 0.126. The van der Waals surface area contributed by atoms with Crippen molar-refractivity contribution >= 4 is 15.8 Å². The van der Waals surface area contributed by atoms with Gasteiger partial charge in [0.2, 0.25) is 0 Å². The van der Waals surface area contributed by atoms with E-state index in [2.05, 4.69) is 20.1 Å². The molecule has 0 spiro atoms. The van der Waals surface area contributed by atoms with Crippen LogP contribution in [-0.4, -0.2) is 30.9 Å². The number of nitrogens with one attached hydrogen (secondary N) is 2. The van der Waals surface area contributed by atoms with E-state index in [0.717, 1.165) is 0 Å². The highest BCUT2D eigenvalue weighted by atomic mass is 32.2. The first-order chi connectivity index (χ1) is 8.12. The van der Waals surface area contributed by atoms with Crippen LogP contribution in [0, 0.1) is 0 Å². The first kappa shape index (κ1) is 11.4. The summed E-state index contributed by atoms with van der Waals surface area (Å²) in [5, 5.41) is 9.43. The van der Waals surface area contributed by atoms with Crippen LogP contribution in [0.25, 0.3) is 0 Å². The van der Waals surface area contributed by atoms with Crippen LogP contribution in [0.15, 0.2) is 35.4 Å². The number of anilines is 1. The Labute approximate surface area is 97.9 Å². The number of sulfonamides is 1. The second kappa shape index (κ2) is 4.42. The van der Waals surface area contributed by atoms with Crippen molar-refractivity contribution in [2.45, 2.75) is 4.90 Å². The fourth-order valence-electron chi connectivity index (χ4n) is 1.20. The molecule has 1 aromatic carbocycles. The topological polar surface area (TPSA) is 97.0 Å². The molecule has 2 aromatic rings. The highest BCUT2D eigenvalue weighted by Gasteiger charge is 2.15. The van der Waals surface area contributed by atoms with Crippen LogP contribution in [0.5, 0.6) is 5.75 Å². The van der Waals surface area contributed by atoms with E-state index in [0.29, 0.717) is 5.75 Å². The van der Waals surface area contributed by atoms with Gasteiger partial charge in [-0.2, -0.15) is 10.3 Å². The van der Waals surface area contributed by atoms with Gasteiger partial charge in [0.1, 0.15) is 5.75 Å². The molecule has 2 rings (SSSR count). The molecular formula is C9H10N4O3S. The average molecular weight is 254 g/mol. The minimum atomic E-state index is -3.64. The van der Waals surface area contributed by atoms with Crippen LogP contribution in [0.4, 0.5) is 5.82 Å². The maximum absolute atomic E-state index is 11.9. The van der Waals surface area contributed by atoms with Gasteiger partial charge in [-0.25, -0.2) is 8.42 Å². The number of ether oxygens (including phenoxy) is 1. The highest BCUT2D eigenvalue weighted by Crippen LogP contribution is 2.17. The fraction of sp³-hybridized carbons (Fsp3) is 0.111. The Morgan fingerprint density at radius 3 is 2.53 bits per heavy atom. The van der Waals surface area contributed by atoms with Gasteiger partial charge in [0.05, 0.1) is 18.2 Å². The van der Waals surface area contributed by atoms with Crippen molar-refractivity contribution in [2.75, 3.05) is 11.8 Å². The molecule has 0 radical (unpaired) electrons. The van der Waals surface area contributed by atoms with Crippen LogP contribution in [-0.2, 0) is 10.0 Å². The van der Waals surface area contributed by atoms with E-state index in [1.165, 1.54) is 25.4 Å². The van der Waals surface area contributed by atoms with Gasteiger partial charge in [0.15, 0.2) is 5.82 Å². The quantitative estimate of drug-likeness (QED) is 0.833. The lowest BCUT2D eigenvalue weighted by atomic mass is 10.3. The van der Waals surface area contributed by atoms with Crippen molar-refractivity contribution in [3.63, 3.8) is 0 Å². The van der Waals surface area contributed by atoms with Gasteiger partial charge >= 0.3 is 0 Å². The number of rotatable bonds is 4. The van der Waals surface area contributed by atoms with E-state index in [-0.39, 0.29) is 10.7 Å². The number of methoxy groups -OCH3 is 1. The van der Waals surface area contributed by atoms with Crippen molar-refractivity contribution in [1.82, 2.24) is 15.4 Å². The molecule has 1 aromatic heterocycles. The predicted molar refractivity (Wildman–Crippen MR) is 60.2 cm³/mol. The van der Waals surface area contributed by atoms with Crippen molar-refractivity contribution in [1.29, 1.82) is 0 Å². The van der Waals surface area contributed by atoms with Crippen LogP contribution in [0.1, 0.15) is 0 Å². The summed E-state index contributed by atoms with van der Waals surface area (Å²) < 4.78 is 31.0. The van der Waals surface area contributed by atoms with Crippen molar-refractivity contribution < 1.29 is 13.2 Å². The van der Waals surface area contributed by atoms with Crippen LogP contribution >= 0.6 is 0 Å². The number of H-pyrrole nitrogens is 1. The third kappa shape index (κ3) is 2.53. The lowest BCUT2D eigenvalue weighted by Gasteiger charge is -2.05. The van der Waals surface area contributed by atoms with Crippen molar-refractivity contribution in [2.24, 2.45) is 0 Å². The average Bonchev–Trinajstić information content (AvgIpc) is 2.81. The van der Waals surface area contributed by atoms with Gasteiger partial charge in [-0.3, -0.25) is 4.72 Å². The molecule has 17 heavy (non-hydrogen) atoms. The Balaban J connectivity index is 2.25. The van der Waals surface area contributed by atoms with Gasteiger partial charge < -0.3 is 4.74 Å². The molecule has 90 valence electrons. The third-order valence-electron chi connectivity index (χ3n) is 2.02. The Hall–Kier alpha value is -2.09. The molecule has 0 aliphatic heterocycles. The van der Waals surface area contributed by atoms with E-state index in [4.69, 9.17) is 4.74 Å². The number of nitrogens with zero attached hydrogens (tertiary/aromatic N) is 2. The molecule has 0 atom stereocenters. The number of aromatic amines is 1. The molecule has 0 saturated heterocycles. The van der Waals surface area contributed by atoms with Crippen molar-refractivity contribution in [3.8, 4) is 5.75 Å². The molecule has 0 saturated carbocycles. The summed E-state index contributed by atoms with van der Waals surface area (Å²) in [6.07, 6.45) is 1.28. The van der Waals surface area contributed by atoms with Gasteiger partial charge in [-0.05, 0) is 24.3 Å². The molecule has 2 N–H and O–H groups in total. The monoisotopic (exact) mass is 254 g/mol. The molecule has 0 aliphatic rings. The first-order valence-electron chi connectivity index (χ1n) is 4.64. The summed E-state index contributed by atoms with van der Waals surface area (Å²) in [6.45, 7) is 0. The fourth-order valence-corrected chi connectivity index (χ4v) is 2.19. The first-order valence-corrected chi connectivity index (χ1v) is 6.13. The standard InChI is InChI=1S/C9H10N4O3S/c1-16-7-2-4-8(5-3-7)17(14,15)12-9-6-10-13-11-9/h2-6H,1H3,(H2,10,11,12,13). The summed E-state index contributed by atoms with van der Waals surface area (Å²) in [6, 6.07) is 6.03. The molecule has 8 heteroatoms. The SMILES string of the molecule is COc1ccc(S(=O)(=O)Nc2cn[nH]n2)cc1. The van der Waals surface area contributed by atoms with E-state index >= 15 is 0 Å². The van der Waals surface area contributed by atoms with E-state index in [1.807, 2.05) is 0 Å². The van der Waals surface area contributed by atoms with Gasteiger partial charge in [-0.15, -0.1) is 5.10 Å². The summed E-state index contributed by atoms with van der Waals surface area (Å²) in [5.74, 6) is 0.728. The maximum atomic E-state index is 11.9. The molecule has 0 bridgehead atoms. The van der Waals surface area contributed by atoms with Crippen LogP contribution < -0.4 is 9.46 Å². The zero-order chi connectivity index (χ0) is 12.3. The smallest absolute Gasteiger partial charge is 0.263 e. The van der Waals surface area contributed by atoms with Crippen LogP contribution in [0.2, 0.25) is 0 Å². The molecular weight excluding hydrogens is 244 g/mol. The molecule has 0 fully saturated rings. The van der Waals surface area contributed by atoms with Crippen molar-refractivity contribution in [3.05, 3.63) is 30.5 Å². The second-order valence-electron chi connectivity index (χ2n) is 3.14. The lowest BCUT2D eigenvalue weighted by Crippen LogP contribution is -2.13. The molecule has 1 heterocycles. The second-order valence-corrected chi connectivity index (χ2v) is 4.82. The minimum Gasteiger partial charge on any atom is -0.497 e. The summed E-state index contributed by atoms with van der Waals surface area (Å²) in [7, 11) is -2.13. The van der Waals surface area contributed by atoms with E-state index in [1.54, 1.807) is 12.1 Å². The third-order valence-corrected chi connectivity index (χ3v) is 3.39. The molecule has 0 amide bonds. The zero-order valence-electron chi connectivity index (χ0n) is 8.91. The molecule has 0 unspecified atom stereocenters. The number of aromatic nitrogens is 3. The van der Waals surface area contributed by atoms with Gasteiger partial charge in [0, 0.05) is 0 Å². The molecule has 0 aliphatic carbocycles. The van der Waals surface area contributed by atoms with Gasteiger partial charge in [0.25, 0.3) is 10.0 Å². The Morgan fingerprint density at radius 1 is 1.29 bits per heavy atom. The summed E-state index contributed by atoms with van der Waals surface area (Å²) in [5.41, 5.74) is 0. The Kier molecular flexibility index (Phi) is 2.96. The van der Waals surface area contributed by atoms with Crippen LogP contribution in [0.3, 0.4) is 0 Å². The Morgan fingerprint density at radius 2 is 2.00 bits per heavy atom. The van der Waals surface area contributed by atoms with E-state index in [9.17, 15) is 8.42 Å². The number of benzene rings is 1. The lowest BCUT2D eigenvalue weighted by molar-refractivity contribution is 0.414. The van der Waals surface area contributed by atoms with E-state index < -0.39 is 10.0 Å². The number of hydrogen-bond acceptors (Lipinski definition) is 5. The largest absolute Gasteiger partial charge is 0.497 e. The highest BCUT2D eigenvalue weighted by molar-refractivity contribution is 7.92. The minimum absolute atomic E-state index is 0.126. The summed E-state index contributed by atoms with van der Waals surface area (Å²) >= 11 is 0. The van der Waals surface area contributed by atoms with Gasteiger partial charge in [-0.1, -0.05) is 0 Å². The Bertz CT molecular complexity index is 577. The normalized spacial score (nSPS) is 11.1. The predicted octanol–water partition coefficient (Wildman–Crippen LogP) is 0.614. The number of hydrogen-bond donors (Lipinski definition) is 2.